The molecular formula is C12H15ClN4O2S. The molecule has 20 heavy (non-hydrogen) atoms. The third kappa shape index (κ3) is 4.16. The molecule has 0 saturated heterocycles. The normalized spacial score (nSPS) is 9.90. The second-order valence-corrected chi connectivity index (χ2v) is 5.05. The maximum atomic E-state index is 11.6. The van der Waals surface area contributed by atoms with E-state index in [1.807, 2.05) is 25.1 Å². The number of benzene rings is 1. The monoisotopic (exact) mass is 314 g/mol. The summed E-state index contributed by atoms with van der Waals surface area (Å²) >= 11 is 1.40. The molecule has 0 saturated carbocycles. The minimum Gasteiger partial charge on any atom is -0.346 e. The van der Waals surface area contributed by atoms with Crippen molar-refractivity contribution in [3.63, 3.8) is 0 Å². The summed E-state index contributed by atoms with van der Waals surface area (Å²) in [5, 5.41) is 5.56. The molecule has 0 aliphatic rings. The first-order valence-corrected chi connectivity index (χ1v) is 6.54. The van der Waals surface area contributed by atoms with Crippen LogP contribution >= 0.6 is 23.7 Å². The van der Waals surface area contributed by atoms with Gasteiger partial charge in [0, 0.05) is 0 Å². The third-order valence-corrected chi connectivity index (χ3v) is 3.36. The molecule has 2 amide bonds. The molecule has 2 rings (SSSR count). The summed E-state index contributed by atoms with van der Waals surface area (Å²) in [5.41, 5.74) is 7.11. The van der Waals surface area contributed by atoms with Gasteiger partial charge in [0.25, 0.3) is 0 Å². The van der Waals surface area contributed by atoms with E-state index < -0.39 is 0 Å². The number of nitrogens with two attached hydrogens (primary N) is 1. The number of amides is 2. The number of anilines is 1. The summed E-state index contributed by atoms with van der Waals surface area (Å²) in [6.07, 6.45) is 0. The van der Waals surface area contributed by atoms with Gasteiger partial charge in [0.05, 0.1) is 23.3 Å². The van der Waals surface area contributed by atoms with Crippen LogP contribution in [0.15, 0.2) is 18.2 Å². The molecule has 0 spiro atoms. The Kier molecular flexibility index (Phi) is 5.87. The molecular weight excluding hydrogens is 300 g/mol. The Morgan fingerprint density at radius 2 is 2.10 bits per heavy atom. The summed E-state index contributed by atoms with van der Waals surface area (Å²) in [7, 11) is 0. The highest BCUT2D eigenvalue weighted by molar-refractivity contribution is 7.22. The molecule has 108 valence electrons. The van der Waals surface area contributed by atoms with Gasteiger partial charge in [-0.3, -0.25) is 9.59 Å². The molecule has 0 bridgehead atoms. The first-order chi connectivity index (χ1) is 9.08. The van der Waals surface area contributed by atoms with E-state index in [0.29, 0.717) is 5.13 Å². The average molecular weight is 315 g/mol. The van der Waals surface area contributed by atoms with E-state index in [0.717, 1.165) is 15.8 Å². The van der Waals surface area contributed by atoms with Crippen LogP contribution in [0.25, 0.3) is 10.2 Å². The maximum Gasteiger partial charge on any atom is 0.245 e. The van der Waals surface area contributed by atoms with Crippen LogP contribution in [-0.2, 0) is 9.59 Å². The first-order valence-electron chi connectivity index (χ1n) is 5.72. The van der Waals surface area contributed by atoms with Crippen LogP contribution in [0.5, 0.6) is 0 Å². The number of aryl methyl sites for hydroxylation is 1. The number of aromatic nitrogens is 1. The van der Waals surface area contributed by atoms with Gasteiger partial charge < -0.3 is 16.4 Å². The van der Waals surface area contributed by atoms with Crippen molar-refractivity contribution in [3.8, 4) is 0 Å². The Balaban J connectivity index is 0.00000200. The van der Waals surface area contributed by atoms with Crippen molar-refractivity contribution in [2.75, 3.05) is 18.4 Å². The van der Waals surface area contributed by atoms with Crippen LogP contribution in [0, 0.1) is 6.92 Å². The van der Waals surface area contributed by atoms with Crippen LogP contribution in [0.1, 0.15) is 5.56 Å². The lowest BCUT2D eigenvalue weighted by molar-refractivity contribution is -0.123. The van der Waals surface area contributed by atoms with Crippen LogP contribution in [0.4, 0.5) is 5.13 Å². The van der Waals surface area contributed by atoms with Gasteiger partial charge in [-0.1, -0.05) is 17.4 Å². The number of hydrogen-bond donors (Lipinski definition) is 3. The first kappa shape index (κ1) is 16.4. The molecule has 0 unspecified atom stereocenters. The number of carbonyl (C=O) groups is 2. The summed E-state index contributed by atoms with van der Waals surface area (Å²) < 4.78 is 1.02. The molecule has 8 heteroatoms. The van der Waals surface area contributed by atoms with Gasteiger partial charge >= 0.3 is 0 Å². The lowest BCUT2D eigenvalue weighted by Crippen LogP contribution is -2.36. The van der Waals surface area contributed by atoms with Gasteiger partial charge in [-0.25, -0.2) is 4.98 Å². The number of fused-ring (bicyclic) bond motifs is 1. The SMILES string of the molecule is Cc1ccc2nc(NC(=O)CNC(=O)CN)sc2c1.Cl. The minimum atomic E-state index is -0.366. The third-order valence-electron chi connectivity index (χ3n) is 2.42. The Bertz CT molecular complexity index is 629. The van der Waals surface area contributed by atoms with Crippen molar-refractivity contribution < 1.29 is 9.59 Å². The second-order valence-electron chi connectivity index (χ2n) is 4.02. The second kappa shape index (κ2) is 7.18. The van der Waals surface area contributed by atoms with E-state index in [-0.39, 0.29) is 37.3 Å². The number of halogens is 1. The molecule has 0 radical (unpaired) electrons. The molecule has 0 fully saturated rings. The van der Waals surface area contributed by atoms with E-state index in [9.17, 15) is 9.59 Å². The van der Waals surface area contributed by atoms with Gasteiger partial charge in [0.2, 0.25) is 11.8 Å². The molecule has 2 aromatic rings. The number of thiazole rings is 1. The smallest absolute Gasteiger partial charge is 0.245 e. The van der Waals surface area contributed by atoms with Crippen LogP contribution < -0.4 is 16.4 Å². The highest BCUT2D eigenvalue weighted by Crippen LogP contribution is 2.26. The van der Waals surface area contributed by atoms with Gasteiger partial charge in [-0.15, -0.1) is 12.4 Å². The van der Waals surface area contributed by atoms with E-state index in [1.165, 1.54) is 11.3 Å². The lowest BCUT2D eigenvalue weighted by atomic mass is 10.2. The molecule has 4 N–H and O–H groups in total. The van der Waals surface area contributed by atoms with Gasteiger partial charge in [-0.2, -0.15) is 0 Å². The molecule has 1 heterocycles. The summed E-state index contributed by atoms with van der Waals surface area (Å²) in [5.74, 6) is -0.687. The number of nitrogens with zero attached hydrogens (tertiary/aromatic N) is 1. The van der Waals surface area contributed by atoms with Crippen molar-refractivity contribution in [2.45, 2.75) is 6.92 Å². The zero-order valence-electron chi connectivity index (χ0n) is 10.8. The van der Waals surface area contributed by atoms with Crippen LogP contribution in [0.2, 0.25) is 0 Å². The predicted octanol–water partition coefficient (Wildman–Crippen LogP) is 1.04. The van der Waals surface area contributed by atoms with E-state index in [4.69, 9.17) is 5.73 Å². The zero-order chi connectivity index (χ0) is 13.8. The van der Waals surface area contributed by atoms with Crippen LogP contribution in [-0.4, -0.2) is 29.9 Å². The van der Waals surface area contributed by atoms with E-state index in [2.05, 4.69) is 15.6 Å². The van der Waals surface area contributed by atoms with Gasteiger partial charge in [-0.05, 0) is 24.6 Å². The summed E-state index contributed by atoms with van der Waals surface area (Å²) in [6, 6.07) is 5.89. The fraction of sp³-hybridized carbons (Fsp3) is 0.250. The van der Waals surface area contributed by atoms with Crippen molar-refractivity contribution >= 4 is 50.9 Å². The number of nitrogens with one attached hydrogen (secondary N) is 2. The largest absolute Gasteiger partial charge is 0.346 e. The Morgan fingerprint density at radius 1 is 1.35 bits per heavy atom. The Labute approximate surface area is 126 Å². The van der Waals surface area contributed by atoms with Crippen molar-refractivity contribution in [3.05, 3.63) is 23.8 Å². The highest BCUT2D eigenvalue weighted by Gasteiger charge is 2.08. The number of rotatable bonds is 4. The predicted molar refractivity (Wildman–Crippen MR) is 82.3 cm³/mol. The average Bonchev–Trinajstić information content (AvgIpc) is 2.77. The molecule has 0 atom stereocenters. The van der Waals surface area contributed by atoms with Crippen molar-refractivity contribution in [1.29, 1.82) is 0 Å². The number of hydrogen-bond acceptors (Lipinski definition) is 5. The van der Waals surface area contributed by atoms with Crippen molar-refractivity contribution in [2.24, 2.45) is 5.73 Å². The van der Waals surface area contributed by atoms with E-state index >= 15 is 0 Å². The molecule has 0 aliphatic heterocycles. The zero-order valence-corrected chi connectivity index (χ0v) is 12.4. The van der Waals surface area contributed by atoms with Crippen LogP contribution in [0.3, 0.4) is 0 Å². The lowest BCUT2D eigenvalue weighted by Gasteiger charge is -2.02. The molecule has 0 aliphatic carbocycles. The Hall–Kier alpha value is -1.70. The summed E-state index contributed by atoms with van der Waals surface area (Å²) in [6.45, 7) is 1.76. The molecule has 1 aromatic heterocycles. The quantitative estimate of drug-likeness (QED) is 0.785. The molecule has 6 nitrogen and oxygen atoms in total. The number of carbonyl (C=O) groups excluding carboxylic acids is 2. The van der Waals surface area contributed by atoms with Crippen molar-refractivity contribution in [1.82, 2.24) is 10.3 Å². The highest BCUT2D eigenvalue weighted by atomic mass is 35.5. The fourth-order valence-corrected chi connectivity index (χ4v) is 2.48. The maximum absolute atomic E-state index is 11.6. The minimum absolute atomic E-state index is 0. The molecule has 1 aromatic carbocycles. The fourth-order valence-electron chi connectivity index (χ4n) is 1.50. The Morgan fingerprint density at radius 3 is 2.80 bits per heavy atom. The van der Waals surface area contributed by atoms with Gasteiger partial charge in [0.15, 0.2) is 5.13 Å². The topological polar surface area (TPSA) is 97.1 Å². The van der Waals surface area contributed by atoms with Gasteiger partial charge in [0.1, 0.15) is 0 Å². The van der Waals surface area contributed by atoms with E-state index in [1.54, 1.807) is 0 Å². The standard InChI is InChI=1S/C12H14N4O2S.ClH/c1-7-2-3-8-9(4-7)19-12(15-8)16-11(18)6-14-10(17)5-13;/h2-4H,5-6,13H2,1H3,(H,14,17)(H,15,16,18);1H. The summed E-state index contributed by atoms with van der Waals surface area (Å²) in [4.78, 5) is 26.8.